The summed E-state index contributed by atoms with van der Waals surface area (Å²) in [6, 6.07) is 13.5. The molecule has 3 rings (SSSR count). The molecule has 1 heterocycles. The molecular weight excluding hydrogens is 365 g/mol. The quantitative estimate of drug-likeness (QED) is 0.788. The van der Waals surface area contributed by atoms with Gasteiger partial charge in [-0.15, -0.1) is 0 Å². The molecule has 146 valence electrons. The Balaban J connectivity index is 1.81. The number of benzene rings is 2. The van der Waals surface area contributed by atoms with Gasteiger partial charge in [-0.2, -0.15) is 0 Å². The second kappa shape index (κ2) is 8.37. The molecule has 0 aliphatic carbocycles. The molecule has 0 radical (unpaired) electrons. The minimum atomic E-state index is -3.91. The van der Waals surface area contributed by atoms with Crippen molar-refractivity contribution >= 4 is 15.7 Å². The fourth-order valence-corrected chi connectivity index (χ4v) is 4.55. The Morgan fingerprint density at radius 1 is 1.07 bits per heavy atom. The highest BCUT2D eigenvalue weighted by molar-refractivity contribution is 7.89. The number of likely N-dealkylation sites (tertiary alicyclic amines) is 1. The molecule has 0 saturated carbocycles. The van der Waals surface area contributed by atoms with E-state index in [1.54, 1.807) is 0 Å². The number of anilines is 1. The molecule has 2 aromatic rings. The molecule has 7 heteroatoms. The first-order valence-electron chi connectivity index (χ1n) is 9.14. The zero-order valence-electron chi connectivity index (χ0n) is 15.7. The zero-order valence-corrected chi connectivity index (χ0v) is 16.5. The number of halogens is 1. The van der Waals surface area contributed by atoms with Gasteiger partial charge in [-0.25, -0.2) is 17.5 Å². The molecule has 1 fully saturated rings. The van der Waals surface area contributed by atoms with Crippen molar-refractivity contribution in [2.45, 2.75) is 23.8 Å². The van der Waals surface area contributed by atoms with E-state index >= 15 is 0 Å². The molecule has 27 heavy (non-hydrogen) atoms. The van der Waals surface area contributed by atoms with E-state index in [0.29, 0.717) is 0 Å². The van der Waals surface area contributed by atoms with Crippen molar-refractivity contribution in [2.75, 3.05) is 38.6 Å². The van der Waals surface area contributed by atoms with Crippen molar-refractivity contribution in [2.24, 2.45) is 0 Å². The van der Waals surface area contributed by atoms with Crippen LogP contribution in [0.25, 0.3) is 0 Å². The van der Waals surface area contributed by atoms with Gasteiger partial charge in [0.1, 0.15) is 10.7 Å². The molecule has 1 aliphatic rings. The molecule has 1 N–H and O–H groups in total. The molecule has 0 bridgehead atoms. The summed E-state index contributed by atoms with van der Waals surface area (Å²) < 4.78 is 41.7. The SMILES string of the molecule is CN(C)c1ccc([C@H](CNS(=O)(=O)c2ccccc2F)N2CCCC2)cc1. The third-order valence-corrected chi connectivity index (χ3v) is 6.43. The number of rotatable bonds is 7. The molecule has 1 atom stereocenters. The van der Waals surface area contributed by atoms with E-state index in [4.69, 9.17) is 0 Å². The Labute approximate surface area is 160 Å². The lowest BCUT2D eigenvalue weighted by Crippen LogP contribution is -2.37. The number of nitrogens with zero attached hydrogens (tertiary/aromatic N) is 2. The Kier molecular flexibility index (Phi) is 6.14. The smallest absolute Gasteiger partial charge is 0.243 e. The minimum Gasteiger partial charge on any atom is -0.378 e. The van der Waals surface area contributed by atoms with Crippen LogP contribution < -0.4 is 9.62 Å². The van der Waals surface area contributed by atoms with Crippen molar-refractivity contribution < 1.29 is 12.8 Å². The average Bonchev–Trinajstić information content (AvgIpc) is 3.17. The third-order valence-electron chi connectivity index (χ3n) is 4.97. The maximum Gasteiger partial charge on any atom is 0.243 e. The Morgan fingerprint density at radius 2 is 1.70 bits per heavy atom. The average molecular weight is 392 g/mol. The molecule has 0 unspecified atom stereocenters. The van der Waals surface area contributed by atoms with E-state index < -0.39 is 15.8 Å². The first kappa shape index (κ1) is 19.8. The second-order valence-electron chi connectivity index (χ2n) is 7.03. The van der Waals surface area contributed by atoms with Crippen molar-refractivity contribution in [3.63, 3.8) is 0 Å². The molecule has 0 amide bonds. The van der Waals surface area contributed by atoms with Crippen LogP contribution in [0.5, 0.6) is 0 Å². The Bertz CT molecular complexity index is 863. The van der Waals surface area contributed by atoms with E-state index in [1.165, 1.54) is 18.2 Å². The maximum atomic E-state index is 13.9. The molecule has 1 aliphatic heterocycles. The predicted molar refractivity (Wildman–Crippen MR) is 106 cm³/mol. The summed E-state index contributed by atoms with van der Waals surface area (Å²) >= 11 is 0. The highest BCUT2D eigenvalue weighted by atomic mass is 32.2. The van der Waals surface area contributed by atoms with Crippen LogP contribution in [-0.4, -0.2) is 47.0 Å². The van der Waals surface area contributed by atoms with E-state index in [9.17, 15) is 12.8 Å². The summed E-state index contributed by atoms with van der Waals surface area (Å²) in [6.07, 6.45) is 2.21. The van der Waals surface area contributed by atoms with Crippen molar-refractivity contribution in [1.29, 1.82) is 0 Å². The van der Waals surface area contributed by atoms with E-state index in [-0.39, 0.29) is 17.5 Å². The van der Waals surface area contributed by atoms with Crippen LogP contribution in [-0.2, 0) is 10.0 Å². The monoisotopic (exact) mass is 391 g/mol. The molecule has 0 spiro atoms. The van der Waals surface area contributed by atoms with Gasteiger partial charge in [-0.3, -0.25) is 4.90 Å². The molecule has 5 nitrogen and oxygen atoms in total. The van der Waals surface area contributed by atoms with E-state index in [2.05, 4.69) is 9.62 Å². The zero-order chi connectivity index (χ0) is 19.4. The lowest BCUT2D eigenvalue weighted by molar-refractivity contribution is 0.246. The highest BCUT2D eigenvalue weighted by Gasteiger charge is 2.26. The van der Waals surface area contributed by atoms with Gasteiger partial charge in [0, 0.05) is 32.4 Å². The first-order valence-corrected chi connectivity index (χ1v) is 10.6. The van der Waals surface area contributed by atoms with Crippen LogP contribution in [0, 0.1) is 5.82 Å². The highest BCUT2D eigenvalue weighted by Crippen LogP contribution is 2.27. The topological polar surface area (TPSA) is 52.7 Å². The summed E-state index contributed by atoms with van der Waals surface area (Å²) in [5.74, 6) is -0.738. The minimum absolute atomic E-state index is 0.0785. The predicted octanol–water partition coefficient (Wildman–Crippen LogP) is 3.01. The first-order chi connectivity index (χ1) is 12.9. The van der Waals surface area contributed by atoms with Crippen molar-refractivity contribution in [3.05, 3.63) is 59.9 Å². The summed E-state index contributed by atoms with van der Waals surface area (Å²) in [4.78, 5) is 4.00. The van der Waals surface area contributed by atoms with Gasteiger partial charge in [0.25, 0.3) is 0 Å². The Morgan fingerprint density at radius 3 is 2.30 bits per heavy atom. The molecular formula is C20H26FN3O2S. The van der Waals surface area contributed by atoms with Gasteiger partial charge >= 0.3 is 0 Å². The fraction of sp³-hybridized carbons (Fsp3) is 0.400. The standard InChI is InChI=1S/C20H26FN3O2S/c1-23(2)17-11-9-16(10-12-17)19(24-13-5-6-14-24)15-22-27(25,26)20-8-4-3-7-18(20)21/h3-4,7-12,19,22H,5-6,13-15H2,1-2H3/t19-/m0/s1. The summed E-state index contributed by atoms with van der Waals surface area (Å²) in [5, 5.41) is 0. The number of nitrogens with one attached hydrogen (secondary N) is 1. The summed E-state index contributed by atoms with van der Waals surface area (Å²) in [5.41, 5.74) is 2.14. The summed E-state index contributed by atoms with van der Waals surface area (Å²) in [6.45, 7) is 2.07. The van der Waals surface area contributed by atoms with E-state index in [0.717, 1.165) is 43.2 Å². The normalized spacial score (nSPS) is 16.4. The largest absolute Gasteiger partial charge is 0.378 e. The van der Waals surface area contributed by atoms with Crippen LogP contribution >= 0.6 is 0 Å². The van der Waals surface area contributed by atoms with Gasteiger partial charge in [0.05, 0.1) is 0 Å². The third kappa shape index (κ3) is 4.66. The van der Waals surface area contributed by atoms with E-state index in [1.807, 2.05) is 43.3 Å². The maximum absolute atomic E-state index is 13.9. The number of hydrogen-bond acceptors (Lipinski definition) is 4. The van der Waals surface area contributed by atoms with Gasteiger partial charge in [-0.1, -0.05) is 24.3 Å². The van der Waals surface area contributed by atoms with Gasteiger partial charge < -0.3 is 4.90 Å². The van der Waals surface area contributed by atoms with Gasteiger partial charge in [0.15, 0.2) is 0 Å². The lowest BCUT2D eigenvalue weighted by Gasteiger charge is -2.28. The van der Waals surface area contributed by atoms with Gasteiger partial charge in [-0.05, 0) is 55.8 Å². The molecule has 2 aromatic carbocycles. The number of hydrogen-bond donors (Lipinski definition) is 1. The molecule has 0 aromatic heterocycles. The second-order valence-corrected chi connectivity index (χ2v) is 8.76. The molecule has 1 saturated heterocycles. The van der Waals surface area contributed by atoms with Crippen LogP contribution in [0.2, 0.25) is 0 Å². The van der Waals surface area contributed by atoms with Crippen LogP contribution in [0.1, 0.15) is 24.4 Å². The Hall–Kier alpha value is -1.96. The van der Waals surface area contributed by atoms with Gasteiger partial charge in [0.2, 0.25) is 10.0 Å². The van der Waals surface area contributed by atoms with Crippen molar-refractivity contribution in [1.82, 2.24) is 9.62 Å². The van der Waals surface area contributed by atoms with Crippen LogP contribution in [0.3, 0.4) is 0 Å². The lowest BCUT2D eigenvalue weighted by atomic mass is 10.1. The van der Waals surface area contributed by atoms with Crippen molar-refractivity contribution in [3.8, 4) is 0 Å². The van der Waals surface area contributed by atoms with Crippen LogP contribution in [0.4, 0.5) is 10.1 Å². The number of sulfonamides is 1. The fourth-order valence-electron chi connectivity index (χ4n) is 3.43. The summed E-state index contributed by atoms with van der Waals surface area (Å²) in [7, 11) is 0.0582. The van der Waals surface area contributed by atoms with Crippen LogP contribution in [0.15, 0.2) is 53.4 Å².